The maximum absolute atomic E-state index is 12.8. The molecule has 0 amide bonds. The Morgan fingerprint density at radius 3 is 2.29 bits per heavy atom. The van der Waals surface area contributed by atoms with Crippen LogP contribution in [-0.2, 0) is 6.54 Å². The third-order valence-electron chi connectivity index (χ3n) is 3.42. The second kappa shape index (κ2) is 8.83. The number of piperidine rings is 1. The quantitative estimate of drug-likeness (QED) is 0.828. The summed E-state index contributed by atoms with van der Waals surface area (Å²) in [7, 11) is 0. The molecule has 2 unspecified atom stereocenters. The Morgan fingerprint density at radius 1 is 1.19 bits per heavy atom. The van der Waals surface area contributed by atoms with Crippen molar-refractivity contribution in [3.8, 4) is 0 Å². The highest BCUT2D eigenvalue weighted by Gasteiger charge is 2.45. The van der Waals surface area contributed by atoms with Gasteiger partial charge in [-0.05, 0) is 18.5 Å². The summed E-state index contributed by atoms with van der Waals surface area (Å²) in [6.45, 7) is 1.18. The van der Waals surface area contributed by atoms with E-state index in [0.29, 0.717) is 19.5 Å². The number of nitrogens with zero attached hydrogens (tertiary/aromatic N) is 1. The average Bonchev–Trinajstić information content (AvgIpc) is 2.42. The van der Waals surface area contributed by atoms with Crippen LogP contribution < -0.4 is 5.73 Å². The molecule has 2 N–H and O–H groups in total. The summed E-state index contributed by atoms with van der Waals surface area (Å²) >= 11 is 9.53. The lowest BCUT2D eigenvalue weighted by Crippen LogP contribution is -2.52. The molecule has 7 heteroatoms. The fourth-order valence-electron chi connectivity index (χ4n) is 2.37. The van der Waals surface area contributed by atoms with Gasteiger partial charge in [-0.25, -0.2) is 0 Å². The maximum Gasteiger partial charge on any atom is 0.394 e. The number of alkyl halides is 5. The Labute approximate surface area is 133 Å². The van der Waals surface area contributed by atoms with Gasteiger partial charge >= 0.3 is 6.18 Å². The SMILES string of the molecule is ClCCl.NC1CCN(Cc2ccccc2)CC1C(F)(F)F. The molecule has 2 nitrogen and oxygen atoms in total. The van der Waals surface area contributed by atoms with Crippen LogP contribution in [0.3, 0.4) is 0 Å². The summed E-state index contributed by atoms with van der Waals surface area (Å²) < 4.78 is 38.4. The third-order valence-corrected chi connectivity index (χ3v) is 3.42. The van der Waals surface area contributed by atoms with E-state index in [2.05, 4.69) is 0 Å². The largest absolute Gasteiger partial charge is 0.394 e. The molecular weight excluding hydrogens is 324 g/mol. The van der Waals surface area contributed by atoms with Crippen LogP contribution in [0, 0.1) is 5.92 Å². The second-order valence-corrected chi connectivity index (χ2v) is 5.73. The van der Waals surface area contributed by atoms with Crippen molar-refractivity contribution in [2.75, 3.05) is 18.4 Å². The van der Waals surface area contributed by atoms with Gasteiger partial charge in [0.15, 0.2) is 0 Å². The van der Waals surface area contributed by atoms with E-state index < -0.39 is 18.1 Å². The van der Waals surface area contributed by atoms with Crippen LogP contribution in [0.4, 0.5) is 13.2 Å². The van der Waals surface area contributed by atoms with Crippen molar-refractivity contribution in [1.82, 2.24) is 4.90 Å². The van der Waals surface area contributed by atoms with Gasteiger partial charge in [0.2, 0.25) is 0 Å². The molecule has 0 aliphatic carbocycles. The van der Waals surface area contributed by atoms with Crippen LogP contribution in [0.15, 0.2) is 30.3 Å². The first-order valence-corrected chi connectivity index (χ1v) is 7.66. The van der Waals surface area contributed by atoms with E-state index in [1.807, 2.05) is 35.2 Å². The minimum Gasteiger partial charge on any atom is -0.327 e. The van der Waals surface area contributed by atoms with Crippen molar-refractivity contribution in [3.05, 3.63) is 35.9 Å². The Kier molecular flexibility index (Phi) is 7.81. The van der Waals surface area contributed by atoms with E-state index in [-0.39, 0.29) is 11.9 Å². The van der Waals surface area contributed by atoms with Crippen molar-refractivity contribution < 1.29 is 13.2 Å². The van der Waals surface area contributed by atoms with Crippen LogP contribution >= 0.6 is 23.2 Å². The zero-order valence-corrected chi connectivity index (χ0v) is 13.0. The van der Waals surface area contributed by atoms with Crippen LogP contribution in [0.1, 0.15) is 12.0 Å². The molecule has 21 heavy (non-hydrogen) atoms. The summed E-state index contributed by atoms with van der Waals surface area (Å²) in [5.41, 5.74) is 6.61. The normalized spacial score (nSPS) is 23.3. The molecule has 2 rings (SSSR count). The lowest BCUT2D eigenvalue weighted by atomic mass is 9.92. The first-order valence-electron chi connectivity index (χ1n) is 6.59. The van der Waals surface area contributed by atoms with E-state index in [4.69, 9.17) is 28.9 Å². The highest BCUT2D eigenvalue weighted by Crippen LogP contribution is 2.33. The predicted octanol–water partition coefficient (Wildman–Crippen LogP) is 3.82. The number of nitrogens with two attached hydrogens (primary N) is 1. The molecule has 0 bridgehead atoms. The van der Waals surface area contributed by atoms with Gasteiger partial charge in [0, 0.05) is 19.1 Å². The van der Waals surface area contributed by atoms with E-state index in [1.54, 1.807) is 0 Å². The van der Waals surface area contributed by atoms with E-state index in [1.165, 1.54) is 0 Å². The summed E-state index contributed by atoms with van der Waals surface area (Å²) in [5.74, 6) is -1.41. The molecular formula is C14H19Cl2F3N2. The summed E-state index contributed by atoms with van der Waals surface area (Å²) in [6.07, 6.45) is -3.80. The van der Waals surface area contributed by atoms with Gasteiger partial charge in [-0.2, -0.15) is 13.2 Å². The monoisotopic (exact) mass is 342 g/mol. The predicted molar refractivity (Wildman–Crippen MR) is 80.4 cm³/mol. The van der Waals surface area contributed by atoms with Gasteiger partial charge in [-0.15, -0.1) is 23.2 Å². The number of halogens is 5. The van der Waals surface area contributed by atoms with E-state index in [0.717, 1.165) is 5.56 Å². The van der Waals surface area contributed by atoms with Crippen LogP contribution in [0.5, 0.6) is 0 Å². The molecule has 0 aromatic heterocycles. The van der Waals surface area contributed by atoms with Crippen LogP contribution in [0.25, 0.3) is 0 Å². The van der Waals surface area contributed by atoms with Crippen LogP contribution in [-0.4, -0.2) is 35.5 Å². The van der Waals surface area contributed by atoms with Gasteiger partial charge in [0.25, 0.3) is 0 Å². The number of hydrogen-bond donors (Lipinski definition) is 1. The molecule has 2 atom stereocenters. The van der Waals surface area contributed by atoms with Gasteiger partial charge in [0.05, 0.1) is 11.3 Å². The van der Waals surface area contributed by atoms with E-state index in [9.17, 15) is 13.2 Å². The van der Waals surface area contributed by atoms with Gasteiger partial charge in [-0.3, -0.25) is 4.90 Å². The molecule has 1 aromatic carbocycles. The molecule has 0 radical (unpaired) electrons. The molecule has 0 saturated carbocycles. The lowest BCUT2D eigenvalue weighted by Gasteiger charge is -2.37. The molecule has 1 aliphatic rings. The highest BCUT2D eigenvalue weighted by atomic mass is 35.5. The van der Waals surface area contributed by atoms with Gasteiger partial charge in [-0.1, -0.05) is 30.3 Å². The topological polar surface area (TPSA) is 29.3 Å². The van der Waals surface area contributed by atoms with Crippen molar-refractivity contribution >= 4 is 23.2 Å². The molecule has 1 fully saturated rings. The second-order valence-electron chi connectivity index (χ2n) is 4.92. The highest BCUT2D eigenvalue weighted by molar-refractivity contribution is 6.40. The Morgan fingerprint density at radius 2 is 1.76 bits per heavy atom. The smallest absolute Gasteiger partial charge is 0.327 e. The zero-order valence-electron chi connectivity index (χ0n) is 11.5. The molecule has 1 heterocycles. The maximum atomic E-state index is 12.8. The van der Waals surface area contributed by atoms with Crippen LogP contribution in [0.2, 0.25) is 0 Å². The molecule has 1 aliphatic heterocycles. The van der Waals surface area contributed by atoms with Gasteiger partial charge in [0.1, 0.15) is 0 Å². The Balaban J connectivity index is 0.000000677. The van der Waals surface area contributed by atoms with Crippen molar-refractivity contribution in [3.63, 3.8) is 0 Å². The van der Waals surface area contributed by atoms with Crippen molar-refractivity contribution in [2.24, 2.45) is 11.7 Å². The molecule has 120 valence electrons. The number of rotatable bonds is 2. The average molecular weight is 343 g/mol. The first-order chi connectivity index (χ1) is 9.88. The molecule has 1 saturated heterocycles. The summed E-state index contributed by atoms with van der Waals surface area (Å²) in [6, 6.07) is 8.78. The minimum atomic E-state index is -4.20. The van der Waals surface area contributed by atoms with Crippen molar-refractivity contribution in [1.29, 1.82) is 0 Å². The first kappa shape index (κ1) is 18.6. The number of benzene rings is 1. The molecule has 0 spiro atoms. The fraction of sp³-hybridized carbons (Fsp3) is 0.571. The number of likely N-dealkylation sites (tertiary alicyclic amines) is 1. The summed E-state index contributed by atoms with van der Waals surface area (Å²) in [4.78, 5) is 1.83. The molecule has 1 aromatic rings. The Hall–Kier alpha value is -0.490. The third kappa shape index (κ3) is 6.43. The summed E-state index contributed by atoms with van der Waals surface area (Å²) in [5, 5.41) is 0.194. The minimum absolute atomic E-state index is 0.000436. The lowest BCUT2D eigenvalue weighted by molar-refractivity contribution is -0.191. The van der Waals surface area contributed by atoms with Gasteiger partial charge < -0.3 is 5.73 Å². The number of hydrogen-bond acceptors (Lipinski definition) is 2. The standard InChI is InChI=1S/C13H17F3N2.CH2Cl2/c14-13(15,16)11-9-18(7-6-12(11)17)8-10-4-2-1-3-5-10;2-1-3/h1-5,11-12H,6-9,17H2;1H2. The van der Waals surface area contributed by atoms with Crippen molar-refractivity contribution in [2.45, 2.75) is 25.2 Å². The fourth-order valence-corrected chi connectivity index (χ4v) is 2.37. The zero-order chi connectivity index (χ0) is 15.9. The Bertz CT molecular complexity index is 401. The van der Waals surface area contributed by atoms with E-state index >= 15 is 0 Å².